The van der Waals surface area contributed by atoms with Crippen molar-refractivity contribution in [3.8, 4) is 73.2 Å². The third kappa shape index (κ3) is 9.51. The molecule has 0 saturated carbocycles. The van der Waals surface area contributed by atoms with Crippen molar-refractivity contribution in [3.63, 3.8) is 0 Å². The number of benzene rings is 11. The molecule has 0 bridgehead atoms. The Morgan fingerprint density at radius 1 is 0.422 bits per heavy atom. The molecule has 90 heavy (non-hydrogen) atoms. The first-order valence-corrected chi connectivity index (χ1v) is 32.0. The predicted octanol–water partition coefficient (Wildman–Crippen LogP) is 18.2. The van der Waals surface area contributed by atoms with Crippen molar-refractivity contribution < 1.29 is 34.0 Å². The van der Waals surface area contributed by atoms with E-state index in [0.717, 1.165) is 60.1 Å². The van der Waals surface area contributed by atoms with E-state index in [4.69, 9.17) is 9.72 Å². The van der Waals surface area contributed by atoms with Crippen LogP contribution in [0.1, 0.15) is 103 Å². The average molecular weight is 1200 g/mol. The van der Waals surface area contributed by atoms with Gasteiger partial charge in [-0.3, -0.25) is 13.7 Å². The number of rotatable bonds is 9. The summed E-state index contributed by atoms with van der Waals surface area (Å²) in [4.78, 5) is 4.94. The molecule has 14 aromatic rings. The summed E-state index contributed by atoms with van der Waals surface area (Å²) in [5, 5.41) is 5.23. The molecule has 4 heterocycles. The fraction of sp³-hybridized carbons (Fsp3) is 0.143. The summed E-state index contributed by atoms with van der Waals surface area (Å²) >= 11 is 0. The Kier molecular flexibility index (Phi) is 9.51. The molecule has 1 aliphatic rings. The van der Waals surface area contributed by atoms with E-state index in [0.29, 0.717) is 62.0 Å². The van der Waals surface area contributed by atoms with E-state index in [2.05, 4.69) is 68.1 Å². The molecule has 0 fully saturated rings. The first kappa shape index (κ1) is 39.7. The van der Waals surface area contributed by atoms with Gasteiger partial charge in [0.25, 0.3) is 6.33 Å². The van der Waals surface area contributed by atoms with Crippen LogP contribution >= 0.6 is 0 Å². The Morgan fingerprint density at radius 2 is 1.04 bits per heavy atom. The summed E-state index contributed by atoms with van der Waals surface area (Å²) in [6.45, 7) is -18.1. The molecule has 0 amide bonds. The van der Waals surface area contributed by atoms with Crippen LogP contribution in [0.3, 0.4) is 0 Å². The highest BCUT2D eigenvalue weighted by molar-refractivity contribution is 7.20. The maximum absolute atomic E-state index is 9.58. The molecule has 438 valence electrons. The SMILES string of the molecule is [2H]C([2H])([2H])C(c1cc2c(c(C(C([2H])([2H])[2H])(C([2H])([2H])[2H])C([2H])([2H])[2H])c1)-[n+]1[c-]n(-c3cccc(Oc4ccc5c6cc(-c7ccccc7)ccc6n(-c6cc(C(C)(C)C)ccn6)c5c4)c3)c3cccc(c31)-c1ccccc1-c1ccc([Si](c3ccccc3)(c3ccccc3)c3ccccc3)cc1-2)(C([2H])([2H])[2H])C([2H])([2H])[2H]. The molecule has 0 radical (unpaired) electrons. The Morgan fingerprint density at radius 3 is 1.72 bits per heavy atom. The topological polar surface area (TPSA) is 35.9 Å². The number of hydrogen-bond acceptors (Lipinski definition) is 2. The van der Waals surface area contributed by atoms with Gasteiger partial charge in [-0.1, -0.05) is 268 Å². The van der Waals surface area contributed by atoms with Crippen LogP contribution in [0, 0.1) is 6.33 Å². The summed E-state index contributed by atoms with van der Waals surface area (Å²) in [7, 11) is -3.72. The molecular weight excluding hydrogens is 1110 g/mol. The van der Waals surface area contributed by atoms with Crippen LogP contribution in [0.4, 0.5) is 0 Å². The fourth-order valence-electron chi connectivity index (χ4n) is 13.5. The van der Waals surface area contributed by atoms with Crippen molar-refractivity contribution in [1.29, 1.82) is 0 Å². The Labute approximate surface area is 555 Å². The molecule has 1 aliphatic heterocycles. The van der Waals surface area contributed by atoms with Crippen molar-refractivity contribution in [3.05, 3.63) is 296 Å². The molecule has 5 nitrogen and oxygen atoms in total. The standard InChI is InChI=1S/C84H72N4OSi/c1-82(2,3)58-46-47-85-79(51-58)88-76-45-40-57(56-26-14-10-15-27-56)48-73(76)70-43-41-62(53-78(70)88)89-61-29-24-28-60(52-61)86-55-87-80-74(49-59(83(4,5)6)50-75(80)84(7,8)9)72-54-66(42-44-69(72)67-36-22-23-37-68(67)71-38-25-39-77(86)81(71)87)90(63-30-16-11-17-31-63,64-32-18-12-19-33-64)65-34-20-13-21-35-65/h10-54H,1-9H3/i4D3,5D3,6D3,7D3,8D3,9D3. The van der Waals surface area contributed by atoms with Gasteiger partial charge in [0.15, 0.2) is 8.07 Å². The molecule has 0 atom stereocenters. The maximum atomic E-state index is 9.58. The van der Waals surface area contributed by atoms with Gasteiger partial charge < -0.3 is 4.74 Å². The van der Waals surface area contributed by atoms with Crippen LogP contribution in [0.15, 0.2) is 273 Å². The monoisotopic (exact) mass is 1200 g/mol. The molecule has 15 rings (SSSR count). The molecule has 0 saturated heterocycles. The van der Waals surface area contributed by atoms with Gasteiger partial charge in [-0.15, -0.1) is 0 Å². The number of imidazole rings is 1. The zero-order chi connectivity index (χ0) is 76.7. The van der Waals surface area contributed by atoms with Gasteiger partial charge in [0.2, 0.25) is 0 Å². The van der Waals surface area contributed by atoms with E-state index in [1.54, 1.807) is 53.1 Å². The quantitative estimate of drug-likeness (QED) is 0.0625. The van der Waals surface area contributed by atoms with Crippen LogP contribution in [0.25, 0.3) is 94.5 Å². The van der Waals surface area contributed by atoms with Gasteiger partial charge in [-0.2, -0.15) is 0 Å². The molecule has 0 N–H and O–H groups in total. The minimum Gasteiger partial charge on any atom is -0.458 e. The van der Waals surface area contributed by atoms with Crippen molar-refractivity contribution in [1.82, 2.24) is 14.1 Å². The second-order valence-corrected chi connectivity index (χ2v) is 28.2. The lowest BCUT2D eigenvalue weighted by atomic mass is 9.77. The first-order chi connectivity index (χ1) is 51.0. The Bertz CT molecular complexity index is 5650. The van der Waals surface area contributed by atoms with Gasteiger partial charge in [-0.25, -0.2) is 4.98 Å². The van der Waals surface area contributed by atoms with E-state index in [-0.39, 0.29) is 22.1 Å². The van der Waals surface area contributed by atoms with Crippen molar-refractivity contribution in [2.24, 2.45) is 0 Å². The van der Waals surface area contributed by atoms with Crippen LogP contribution in [0.5, 0.6) is 11.5 Å². The number of fused-ring (bicyclic) bond motifs is 10. The lowest BCUT2D eigenvalue weighted by Gasteiger charge is -2.35. The fourth-order valence-corrected chi connectivity index (χ4v) is 18.3. The zero-order valence-corrected chi connectivity index (χ0v) is 50.7. The lowest BCUT2D eigenvalue weighted by Crippen LogP contribution is -2.74. The average Bonchev–Trinajstić information content (AvgIpc) is 1.32. The summed E-state index contributed by atoms with van der Waals surface area (Å²) in [6, 6.07) is 83.0. The van der Waals surface area contributed by atoms with Gasteiger partial charge in [0, 0.05) is 47.7 Å². The summed E-state index contributed by atoms with van der Waals surface area (Å²) in [5.74, 6) is 1.47. The maximum Gasteiger partial charge on any atom is 0.269 e. The van der Waals surface area contributed by atoms with Crippen molar-refractivity contribution in [2.75, 3.05) is 0 Å². The summed E-state index contributed by atoms with van der Waals surface area (Å²) in [6.07, 6.45) is 5.29. The first-order valence-electron chi connectivity index (χ1n) is 39.0. The third-order valence-corrected chi connectivity index (χ3v) is 22.5. The van der Waals surface area contributed by atoms with Crippen molar-refractivity contribution >= 4 is 61.7 Å². The Balaban J connectivity index is 1.06. The summed E-state index contributed by atoms with van der Waals surface area (Å²) < 4.78 is 182. The van der Waals surface area contributed by atoms with Crippen molar-refractivity contribution in [2.45, 2.75) is 78.1 Å². The smallest absolute Gasteiger partial charge is 0.269 e. The van der Waals surface area contributed by atoms with Crippen LogP contribution in [-0.4, -0.2) is 22.2 Å². The second-order valence-electron chi connectivity index (χ2n) is 24.4. The largest absolute Gasteiger partial charge is 0.458 e. The predicted molar refractivity (Wildman–Crippen MR) is 377 cm³/mol. The number of pyridine rings is 1. The second kappa shape index (κ2) is 21.6. The van der Waals surface area contributed by atoms with Gasteiger partial charge in [0.1, 0.15) is 17.3 Å². The zero-order valence-electron chi connectivity index (χ0n) is 67.7. The van der Waals surface area contributed by atoms with E-state index in [1.807, 2.05) is 176 Å². The molecule has 0 aliphatic carbocycles. The normalized spacial score (nSPS) is 16.3. The number of aromatic nitrogens is 4. The molecule has 0 unspecified atom stereocenters. The van der Waals surface area contributed by atoms with Gasteiger partial charge in [0.05, 0.1) is 33.4 Å². The number of para-hydroxylation sites is 1. The molecule has 0 spiro atoms. The number of nitrogens with zero attached hydrogens (tertiary/aromatic N) is 4. The van der Waals surface area contributed by atoms with Gasteiger partial charge in [-0.05, 0) is 153 Å². The van der Waals surface area contributed by atoms with Crippen LogP contribution < -0.4 is 30.1 Å². The third-order valence-electron chi connectivity index (χ3n) is 17.7. The van der Waals surface area contributed by atoms with E-state index >= 15 is 0 Å². The lowest BCUT2D eigenvalue weighted by molar-refractivity contribution is -0.572. The molecule has 6 heteroatoms. The number of hydrogen-bond donors (Lipinski definition) is 0. The Hall–Kier alpha value is -10.1. The van der Waals surface area contributed by atoms with Gasteiger partial charge >= 0.3 is 0 Å². The highest BCUT2D eigenvalue weighted by Gasteiger charge is 2.42. The molecular formula is C84H72N4OSi. The summed E-state index contributed by atoms with van der Waals surface area (Å²) in [5.41, 5.74) is -3.54. The molecule has 11 aromatic carbocycles. The highest BCUT2D eigenvalue weighted by Crippen LogP contribution is 2.47. The van der Waals surface area contributed by atoms with Crippen LogP contribution in [0.2, 0.25) is 0 Å². The number of ether oxygens (including phenoxy) is 1. The minimum absolute atomic E-state index is 0.0964. The minimum atomic E-state index is -4.14. The van der Waals surface area contributed by atoms with E-state index < -0.39 is 76.8 Å². The highest BCUT2D eigenvalue weighted by atomic mass is 28.3. The molecule has 3 aromatic heterocycles. The van der Waals surface area contributed by atoms with Crippen LogP contribution in [-0.2, 0) is 16.2 Å². The van der Waals surface area contributed by atoms with E-state index in [9.17, 15) is 24.7 Å². The van der Waals surface area contributed by atoms with E-state index in [1.165, 1.54) is 4.57 Å².